The van der Waals surface area contributed by atoms with E-state index in [-0.39, 0.29) is 11.8 Å². The Kier molecular flexibility index (Phi) is 3.38. The van der Waals surface area contributed by atoms with Crippen molar-refractivity contribution in [2.24, 2.45) is 5.92 Å². The van der Waals surface area contributed by atoms with Crippen molar-refractivity contribution in [3.63, 3.8) is 0 Å². The molecule has 4 heteroatoms. The molecule has 0 aromatic heterocycles. The number of amides is 1. The predicted octanol–water partition coefficient (Wildman–Crippen LogP) is 2.26. The molecule has 1 saturated heterocycles. The highest BCUT2D eigenvalue weighted by Gasteiger charge is 2.57. The maximum absolute atomic E-state index is 12.6. The molecule has 2 aliphatic heterocycles. The van der Waals surface area contributed by atoms with Crippen molar-refractivity contribution < 1.29 is 14.6 Å². The topological polar surface area (TPSA) is 49.8 Å². The van der Waals surface area contributed by atoms with Crippen LogP contribution < -0.4 is 0 Å². The van der Waals surface area contributed by atoms with Gasteiger partial charge in [0.1, 0.15) is 5.54 Å². The number of hydrogen-bond acceptors (Lipinski definition) is 3. The van der Waals surface area contributed by atoms with Gasteiger partial charge in [0.25, 0.3) is 5.91 Å². The van der Waals surface area contributed by atoms with E-state index in [1.807, 2.05) is 50.3 Å². The summed E-state index contributed by atoms with van der Waals surface area (Å²) < 4.78 is 5.90. The molecule has 1 fully saturated rings. The van der Waals surface area contributed by atoms with E-state index in [4.69, 9.17) is 4.74 Å². The van der Waals surface area contributed by atoms with E-state index >= 15 is 0 Å². The minimum atomic E-state index is -0.740. The number of aliphatic hydroxyl groups is 1. The number of nitrogens with zero attached hydrogens (tertiary/aromatic N) is 1. The lowest BCUT2D eigenvalue weighted by molar-refractivity contribution is -0.137. The molecule has 1 aromatic rings. The molecule has 0 saturated carbocycles. The minimum absolute atomic E-state index is 0.0422. The van der Waals surface area contributed by atoms with Gasteiger partial charge >= 0.3 is 0 Å². The quantitative estimate of drug-likeness (QED) is 0.927. The predicted molar refractivity (Wildman–Crippen MR) is 79.3 cm³/mol. The first-order chi connectivity index (χ1) is 9.97. The summed E-state index contributed by atoms with van der Waals surface area (Å²) in [5.41, 5.74) is 0.876. The highest BCUT2D eigenvalue weighted by Crippen LogP contribution is 2.46. The Balaban J connectivity index is 2.03. The van der Waals surface area contributed by atoms with E-state index in [1.165, 1.54) is 0 Å². The summed E-state index contributed by atoms with van der Waals surface area (Å²) >= 11 is 0. The normalized spacial score (nSPS) is 29.8. The van der Waals surface area contributed by atoms with Crippen molar-refractivity contribution in [1.29, 1.82) is 0 Å². The van der Waals surface area contributed by atoms with Crippen LogP contribution in [-0.4, -0.2) is 34.2 Å². The molecule has 1 amide bonds. The van der Waals surface area contributed by atoms with E-state index in [0.29, 0.717) is 12.2 Å². The van der Waals surface area contributed by atoms with Crippen LogP contribution >= 0.6 is 0 Å². The van der Waals surface area contributed by atoms with Crippen molar-refractivity contribution in [2.45, 2.75) is 38.6 Å². The molecule has 0 aliphatic carbocycles. The van der Waals surface area contributed by atoms with Crippen molar-refractivity contribution >= 4 is 5.91 Å². The summed E-state index contributed by atoms with van der Waals surface area (Å²) in [6.45, 7) is 6.05. The lowest BCUT2D eigenvalue weighted by atomic mass is 9.86. The van der Waals surface area contributed by atoms with Gasteiger partial charge in [0.15, 0.2) is 6.23 Å². The number of fused-ring (bicyclic) bond motifs is 1. The molecule has 0 unspecified atom stereocenters. The van der Waals surface area contributed by atoms with Crippen LogP contribution in [0.5, 0.6) is 0 Å². The van der Waals surface area contributed by atoms with Gasteiger partial charge in [0, 0.05) is 11.1 Å². The third-order valence-electron chi connectivity index (χ3n) is 4.41. The largest absolute Gasteiger partial charge is 0.390 e. The van der Waals surface area contributed by atoms with Gasteiger partial charge in [-0.1, -0.05) is 44.2 Å². The Bertz CT molecular complexity index is 581. The van der Waals surface area contributed by atoms with Crippen molar-refractivity contribution in [3.05, 3.63) is 47.5 Å². The molecule has 3 atom stereocenters. The second-order valence-corrected chi connectivity index (χ2v) is 6.26. The number of hydrogen-bond donors (Lipinski definition) is 1. The average Bonchev–Trinajstić information content (AvgIpc) is 2.97. The molecule has 1 N–H and O–H groups in total. The SMILES string of the molecule is CC1=C[C@]2([C@@H](O)C(C)C)CO[C@@H](c3ccccc3)N2C1=O. The number of carbonyl (C=O) groups is 1. The second-order valence-electron chi connectivity index (χ2n) is 6.26. The van der Waals surface area contributed by atoms with Gasteiger partial charge in [0.05, 0.1) is 12.7 Å². The Hall–Kier alpha value is -1.65. The lowest BCUT2D eigenvalue weighted by Crippen LogP contribution is -2.54. The van der Waals surface area contributed by atoms with Gasteiger partial charge in [-0.05, 0) is 18.9 Å². The van der Waals surface area contributed by atoms with Crippen molar-refractivity contribution in [1.82, 2.24) is 4.90 Å². The molecule has 0 radical (unpaired) electrons. The summed E-state index contributed by atoms with van der Waals surface area (Å²) in [6.07, 6.45) is 0.802. The molecule has 0 bridgehead atoms. The summed E-state index contributed by atoms with van der Waals surface area (Å²) in [4.78, 5) is 14.3. The van der Waals surface area contributed by atoms with Gasteiger partial charge in [0.2, 0.25) is 0 Å². The lowest BCUT2D eigenvalue weighted by Gasteiger charge is -2.37. The van der Waals surface area contributed by atoms with Crippen LogP contribution in [0.4, 0.5) is 0 Å². The van der Waals surface area contributed by atoms with Gasteiger partial charge in [-0.25, -0.2) is 0 Å². The molecular weight excluding hydrogens is 266 g/mol. The van der Waals surface area contributed by atoms with Crippen LogP contribution in [0.1, 0.15) is 32.6 Å². The highest BCUT2D eigenvalue weighted by atomic mass is 16.5. The molecule has 4 nitrogen and oxygen atoms in total. The van der Waals surface area contributed by atoms with Gasteiger partial charge in [-0.15, -0.1) is 0 Å². The molecule has 2 heterocycles. The third-order valence-corrected chi connectivity index (χ3v) is 4.41. The zero-order valence-corrected chi connectivity index (χ0v) is 12.6. The number of carbonyl (C=O) groups excluding carboxylic acids is 1. The fraction of sp³-hybridized carbons (Fsp3) is 0.471. The Morgan fingerprint density at radius 3 is 2.62 bits per heavy atom. The van der Waals surface area contributed by atoms with Crippen LogP contribution in [0.3, 0.4) is 0 Å². The van der Waals surface area contributed by atoms with Crippen LogP contribution in [0.2, 0.25) is 0 Å². The third kappa shape index (κ3) is 2.01. The van der Waals surface area contributed by atoms with Crippen molar-refractivity contribution in [2.75, 3.05) is 6.61 Å². The Morgan fingerprint density at radius 2 is 2.00 bits per heavy atom. The van der Waals surface area contributed by atoms with E-state index in [2.05, 4.69) is 0 Å². The van der Waals surface area contributed by atoms with E-state index < -0.39 is 17.9 Å². The fourth-order valence-corrected chi connectivity index (χ4v) is 3.36. The number of ether oxygens (including phenoxy) is 1. The van der Waals surface area contributed by atoms with E-state index in [9.17, 15) is 9.90 Å². The molecule has 112 valence electrons. The highest BCUT2D eigenvalue weighted by molar-refractivity contribution is 5.97. The molecule has 0 spiro atoms. The molecule has 2 aliphatic rings. The van der Waals surface area contributed by atoms with Gasteiger partial charge in [-0.2, -0.15) is 0 Å². The number of aliphatic hydroxyl groups excluding tert-OH is 1. The smallest absolute Gasteiger partial charge is 0.252 e. The Morgan fingerprint density at radius 1 is 1.33 bits per heavy atom. The standard InChI is InChI=1S/C17H21NO3/c1-11(2)14(19)17-9-12(3)15(20)18(17)16(21-10-17)13-7-5-4-6-8-13/h4-9,11,14,16,19H,10H2,1-3H3/t14-,16-,17+/m0/s1. The monoisotopic (exact) mass is 287 g/mol. The molecule has 3 rings (SSSR count). The minimum Gasteiger partial charge on any atom is -0.390 e. The van der Waals surface area contributed by atoms with Crippen LogP contribution in [0.25, 0.3) is 0 Å². The first-order valence-corrected chi connectivity index (χ1v) is 7.35. The zero-order valence-electron chi connectivity index (χ0n) is 12.6. The summed E-state index contributed by atoms with van der Waals surface area (Å²) in [5.74, 6) is -0.0124. The molecular formula is C17H21NO3. The fourth-order valence-electron chi connectivity index (χ4n) is 3.36. The summed E-state index contributed by atoms with van der Waals surface area (Å²) in [5, 5.41) is 10.7. The first kappa shape index (κ1) is 14.3. The van der Waals surface area contributed by atoms with Crippen LogP contribution in [-0.2, 0) is 9.53 Å². The van der Waals surface area contributed by atoms with Gasteiger partial charge < -0.3 is 9.84 Å². The maximum atomic E-state index is 12.6. The van der Waals surface area contributed by atoms with E-state index in [0.717, 1.165) is 5.56 Å². The second kappa shape index (κ2) is 4.97. The zero-order chi connectivity index (χ0) is 15.2. The van der Waals surface area contributed by atoms with Gasteiger partial charge in [-0.3, -0.25) is 9.69 Å². The number of rotatable bonds is 3. The molecule has 21 heavy (non-hydrogen) atoms. The maximum Gasteiger partial charge on any atom is 0.252 e. The Labute approximate surface area is 125 Å². The first-order valence-electron chi connectivity index (χ1n) is 7.35. The molecule has 1 aromatic carbocycles. The number of benzene rings is 1. The summed E-state index contributed by atoms with van der Waals surface area (Å²) in [6, 6.07) is 9.69. The van der Waals surface area contributed by atoms with E-state index in [1.54, 1.807) is 11.8 Å². The average molecular weight is 287 g/mol. The summed E-state index contributed by atoms with van der Waals surface area (Å²) in [7, 11) is 0. The van der Waals surface area contributed by atoms with Crippen LogP contribution in [0.15, 0.2) is 42.0 Å². The van der Waals surface area contributed by atoms with Crippen LogP contribution in [0, 0.1) is 5.92 Å². The van der Waals surface area contributed by atoms with Crippen molar-refractivity contribution in [3.8, 4) is 0 Å².